The number of hydrogen-bond acceptors (Lipinski definition) is 4. The number of rotatable bonds is 2. The molecule has 0 saturated heterocycles. The first-order valence-corrected chi connectivity index (χ1v) is 5.05. The molecule has 0 radical (unpaired) electrons. The van der Waals surface area contributed by atoms with Crippen molar-refractivity contribution in [1.29, 1.82) is 0 Å². The molecule has 0 unspecified atom stereocenters. The molecule has 7 heteroatoms. The van der Waals surface area contributed by atoms with Gasteiger partial charge >= 0.3 is 0 Å². The summed E-state index contributed by atoms with van der Waals surface area (Å²) in [7, 11) is 0. The highest BCUT2D eigenvalue weighted by atomic mass is 79.9. The van der Waals surface area contributed by atoms with E-state index >= 15 is 0 Å². The lowest BCUT2D eigenvalue weighted by Gasteiger charge is -2.02. The van der Waals surface area contributed by atoms with E-state index in [2.05, 4.69) is 21.0 Å². The van der Waals surface area contributed by atoms with Crippen LogP contribution in [0.25, 0.3) is 5.69 Å². The van der Waals surface area contributed by atoms with Crippen molar-refractivity contribution in [3.05, 3.63) is 45.2 Å². The molecular weight excluding hydrogens is 278 g/mol. The normalized spacial score (nSPS) is 10.3. The van der Waals surface area contributed by atoms with Crippen molar-refractivity contribution in [3.8, 4) is 11.4 Å². The molecule has 0 saturated carbocycles. The molecule has 0 aliphatic rings. The molecule has 0 spiro atoms. The number of nitro benzene ring substituents is 1. The topological polar surface area (TPSA) is 81.2 Å². The first-order chi connectivity index (χ1) is 7.58. The Balaban J connectivity index is 2.62. The van der Waals surface area contributed by atoms with Gasteiger partial charge in [-0.25, -0.2) is 4.68 Å². The fourth-order valence-electron chi connectivity index (χ4n) is 1.28. The highest BCUT2D eigenvalue weighted by molar-refractivity contribution is 9.10. The summed E-state index contributed by atoms with van der Waals surface area (Å²) in [6.07, 6.45) is 2.51. The second-order valence-corrected chi connectivity index (χ2v) is 3.95. The second-order valence-electron chi connectivity index (χ2n) is 3.03. The summed E-state index contributed by atoms with van der Waals surface area (Å²) in [5.74, 6) is -0.0470. The van der Waals surface area contributed by atoms with Gasteiger partial charge in [-0.15, -0.1) is 0 Å². The number of aromatic hydroxyl groups is 1. The van der Waals surface area contributed by atoms with Crippen molar-refractivity contribution in [2.75, 3.05) is 0 Å². The van der Waals surface area contributed by atoms with Gasteiger partial charge in [0.1, 0.15) is 5.69 Å². The third-order valence-electron chi connectivity index (χ3n) is 1.95. The number of hydrogen-bond donors (Lipinski definition) is 1. The molecule has 1 aromatic carbocycles. The molecule has 0 atom stereocenters. The lowest BCUT2D eigenvalue weighted by Crippen LogP contribution is -2.00. The Morgan fingerprint density at radius 2 is 2.25 bits per heavy atom. The van der Waals surface area contributed by atoms with Gasteiger partial charge in [0.2, 0.25) is 0 Å². The standard InChI is InChI=1S/C9H6BrN3O3/c10-6-1-2-8(13(15)16)9(3-6)12-5-7(14)4-11-12/h1-5,14H. The van der Waals surface area contributed by atoms with Crippen LogP contribution in [0.15, 0.2) is 35.1 Å². The lowest BCUT2D eigenvalue weighted by molar-refractivity contribution is -0.384. The average Bonchev–Trinajstić information content (AvgIpc) is 2.64. The zero-order valence-electron chi connectivity index (χ0n) is 7.87. The van der Waals surface area contributed by atoms with Crippen LogP contribution in [0, 0.1) is 10.1 Å². The van der Waals surface area contributed by atoms with Crippen molar-refractivity contribution in [2.45, 2.75) is 0 Å². The van der Waals surface area contributed by atoms with E-state index in [0.717, 1.165) is 0 Å². The summed E-state index contributed by atoms with van der Waals surface area (Å²) in [4.78, 5) is 10.3. The van der Waals surface area contributed by atoms with Crippen LogP contribution >= 0.6 is 15.9 Å². The highest BCUT2D eigenvalue weighted by Gasteiger charge is 2.16. The third-order valence-corrected chi connectivity index (χ3v) is 2.44. The molecule has 0 amide bonds. The van der Waals surface area contributed by atoms with Gasteiger partial charge < -0.3 is 5.11 Å². The van der Waals surface area contributed by atoms with Crippen molar-refractivity contribution in [1.82, 2.24) is 9.78 Å². The van der Waals surface area contributed by atoms with Crippen molar-refractivity contribution in [2.24, 2.45) is 0 Å². The smallest absolute Gasteiger partial charge is 0.294 e. The first-order valence-electron chi connectivity index (χ1n) is 4.26. The largest absolute Gasteiger partial charge is 0.505 e. The number of halogens is 1. The maximum Gasteiger partial charge on any atom is 0.294 e. The maximum atomic E-state index is 10.8. The minimum Gasteiger partial charge on any atom is -0.505 e. The van der Waals surface area contributed by atoms with E-state index in [0.29, 0.717) is 10.2 Å². The third kappa shape index (κ3) is 1.89. The lowest BCUT2D eigenvalue weighted by atomic mass is 10.3. The minimum atomic E-state index is -0.500. The van der Waals surface area contributed by atoms with Gasteiger partial charge in [0.15, 0.2) is 5.75 Å². The molecule has 1 N–H and O–H groups in total. The van der Waals surface area contributed by atoms with Crippen LogP contribution in [0.3, 0.4) is 0 Å². The van der Waals surface area contributed by atoms with Gasteiger partial charge in [-0.1, -0.05) is 15.9 Å². The molecular formula is C9H6BrN3O3. The van der Waals surface area contributed by atoms with E-state index in [4.69, 9.17) is 5.11 Å². The maximum absolute atomic E-state index is 10.8. The molecule has 0 aliphatic carbocycles. The monoisotopic (exact) mass is 283 g/mol. The van der Waals surface area contributed by atoms with Gasteiger partial charge in [-0.05, 0) is 12.1 Å². The summed E-state index contributed by atoms with van der Waals surface area (Å²) in [6.45, 7) is 0. The summed E-state index contributed by atoms with van der Waals surface area (Å²) in [5, 5.41) is 23.8. The molecule has 0 fully saturated rings. The Kier molecular flexibility index (Phi) is 2.61. The zero-order valence-corrected chi connectivity index (χ0v) is 9.46. The second kappa shape index (κ2) is 3.93. The SMILES string of the molecule is O=[N+]([O-])c1ccc(Br)cc1-n1cc(O)cn1. The molecule has 16 heavy (non-hydrogen) atoms. The fourth-order valence-corrected chi connectivity index (χ4v) is 1.63. The van der Waals surface area contributed by atoms with Crippen LogP contribution in [0.2, 0.25) is 0 Å². The molecule has 2 rings (SSSR count). The van der Waals surface area contributed by atoms with Gasteiger partial charge in [-0.2, -0.15) is 5.10 Å². The Hall–Kier alpha value is -1.89. The van der Waals surface area contributed by atoms with Crippen LogP contribution in [0.5, 0.6) is 5.75 Å². The van der Waals surface area contributed by atoms with Gasteiger partial charge in [0.05, 0.1) is 17.3 Å². The van der Waals surface area contributed by atoms with Gasteiger partial charge in [-0.3, -0.25) is 10.1 Å². The van der Waals surface area contributed by atoms with E-state index in [-0.39, 0.29) is 11.4 Å². The van der Waals surface area contributed by atoms with Crippen LogP contribution < -0.4 is 0 Å². The van der Waals surface area contributed by atoms with Crippen LogP contribution in [0.1, 0.15) is 0 Å². The van der Waals surface area contributed by atoms with Crippen LogP contribution in [-0.2, 0) is 0 Å². The fraction of sp³-hybridized carbons (Fsp3) is 0. The summed E-state index contributed by atoms with van der Waals surface area (Å²) in [6, 6.07) is 4.51. The molecule has 1 heterocycles. The van der Waals surface area contributed by atoms with E-state index in [1.165, 1.54) is 23.1 Å². The minimum absolute atomic E-state index is 0.0470. The molecule has 1 aromatic heterocycles. The van der Waals surface area contributed by atoms with E-state index in [1.807, 2.05) is 0 Å². The summed E-state index contributed by atoms with van der Waals surface area (Å²) in [5.41, 5.74) is 0.214. The van der Waals surface area contributed by atoms with E-state index in [1.54, 1.807) is 12.1 Å². The summed E-state index contributed by atoms with van der Waals surface area (Å²) < 4.78 is 1.95. The molecule has 6 nitrogen and oxygen atoms in total. The average molecular weight is 284 g/mol. The Labute approximate surface area is 98.4 Å². The van der Waals surface area contributed by atoms with Crippen molar-refractivity contribution in [3.63, 3.8) is 0 Å². The number of nitro groups is 1. The van der Waals surface area contributed by atoms with Crippen molar-refractivity contribution < 1.29 is 10.0 Å². The Morgan fingerprint density at radius 1 is 1.50 bits per heavy atom. The van der Waals surface area contributed by atoms with Gasteiger partial charge in [0.25, 0.3) is 5.69 Å². The predicted molar refractivity (Wildman–Crippen MR) is 59.6 cm³/mol. The van der Waals surface area contributed by atoms with E-state index in [9.17, 15) is 10.1 Å². The first kappa shape index (κ1) is 10.6. The number of benzene rings is 1. The van der Waals surface area contributed by atoms with Crippen LogP contribution in [-0.4, -0.2) is 19.8 Å². The zero-order chi connectivity index (χ0) is 11.7. The van der Waals surface area contributed by atoms with Gasteiger partial charge in [0, 0.05) is 10.5 Å². The van der Waals surface area contributed by atoms with E-state index < -0.39 is 4.92 Å². The molecule has 2 aromatic rings. The number of aromatic nitrogens is 2. The predicted octanol–water partition coefficient (Wildman–Crippen LogP) is 2.25. The summed E-state index contributed by atoms with van der Waals surface area (Å²) >= 11 is 3.22. The number of nitrogens with zero attached hydrogens (tertiary/aromatic N) is 3. The molecule has 82 valence electrons. The highest BCUT2D eigenvalue weighted by Crippen LogP contribution is 2.26. The molecule has 0 bridgehead atoms. The molecule has 0 aliphatic heterocycles. The van der Waals surface area contributed by atoms with Crippen LogP contribution in [0.4, 0.5) is 5.69 Å². The Bertz CT molecular complexity index is 553. The van der Waals surface area contributed by atoms with Crippen molar-refractivity contribution >= 4 is 21.6 Å². The quantitative estimate of drug-likeness (QED) is 0.677. The Morgan fingerprint density at radius 3 is 2.81 bits per heavy atom.